The molecule has 1 aliphatic carbocycles. The summed E-state index contributed by atoms with van der Waals surface area (Å²) in [5, 5.41) is 10.2. The lowest BCUT2D eigenvalue weighted by atomic mass is 9.78. The highest BCUT2D eigenvalue weighted by atomic mass is 15.2. The maximum absolute atomic E-state index is 3.53. The largest absolute Gasteiger partial charge is 0.305 e. The predicted octanol–water partition coefficient (Wildman–Crippen LogP) is 0.241. The smallest absolute Gasteiger partial charge is 0.0594 e. The fourth-order valence-corrected chi connectivity index (χ4v) is 2.16. The van der Waals surface area contributed by atoms with Gasteiger partial charge in [-0.15, -0.1) is 0 Å². The Bertz CT molecular complexity index is 145. The molecule has 1 saturated carbocycles. The summed E-state index contributed by atoms with van der Waals surface area (Å²) in [4.78, 5) is 0. The zero-order valence-electron chi connectivity index (χ0n) is 7.77. The molecule has 2 unspecified atom stereocenters. The monoisotopic (exact) mass is 169 g/mol. The van der Waals surface area contributed by atoms with Crippen molar-refractivity contribution in [3.63, 3.8) is 0 Å². The van der Waals surface area contributed by atoms with Crippen LogP contribution in [0.2, 0.25) is 0 Å². The molecule has 2 atom stereocenters. The highest BCUT2D eigenvalue weighted by Gasteiger charge is 2.30. The van der Waals surface area contributed by atoms with Crippen molar-refractivity contribution >= 4 is 0 Å². The van der Waals surface area contributed by atoms with E-state index in [9.17, 15) is 0 Å². The fourth-order valence-electron chi connectivity index (χ4n) is 2.16. The van der Waals surface area contributed by atoms with Gasteiger partial charge in [0.15, 0.2) is 0 Å². The molecule has 2 aliphatic rings. The average molecular weight is 169 g/mol. The van der Waals surface area contributed by atoms with Crippen molar-refractivity contribution in [3.8, 4) is 0 Å². The van der Waals surface area contributed by atoms with Gasteiger partial charge >= 0.3 is 0 Å². The molecule has 12 heavy (non-hydrogen) atoms. The van der Waals surface area contributed by atoms with Gasteiger partial charge in [-0.05, 0) is 32.2 Å². The molecule has 3 heteroatoms. The van der Waals surface area contributed by atoms with E-state index in [1.807, 2.05) is 7.05 Å². The molecule has 0 bridgehead atoms. The van der Waals surface area contributed by atoms with Crippen LogP contribution in [0.3, 0.4) is 0 Å². The van der Waals surface area contributed by atoms with Crippen LogP contribution in [0.25, 0.3) is 0 Å². The Morgan fingerprint density at radius 1 is 1.25 bits per heavy atom. The molecule has 1 aliphatic heterocycles. The molecule has 0 aromatic heterocycles. The lowest BCUT2D eigenvalue weighted by molar-refractivity contribution is 0.167. The first-order chi connectivity index (χ1) is 5.90. The predicted molar refractivity (Wildman–Crippen MR) is 49.7 cm³/mol. The Hall–Kier alpha value is -0.120. The third kappa shape index (κ3) is 1.63. The second-order valence-corrected chi connectivity index (χ2v) is 3.96. The molecule has 3 N–H and O–H groups in total. The van der Waals surface area contributed by atoms with Gasteiger partial charge in [0.05, 0.1) is 6.17 Å². The van der Waals surface area contributed by atoms with Gasteiger partial charge in [0.25, 0.3) is 0 Å². The van der Waals surface area contributed by atoms with Crippen molar-refractivity contribution in [2.75, 3.05) is 13.7 Å². The van der Waals surface area contributed by atoms with E-state index in [0.29, 0.717) is 6.17 Å². The molecule has 0 spiro atoms. The van der Waals surface area contributed by atoms with Crippen molar-refractivity contribution in [2.45, 2.75) is 37.9 Å². The van der Waals surface area contributed by atoms with Crippen molar-refractivity contribution in [2.24, 2.45) is 5.92 Å². The zero-order valence-corrected chi connectivity index (χ0v) is 7.77. The molecular weight excluding hydrogens is 150 g/mol. The van der Waals surface area contributed by atoms with Crippen molar-refractivity contribution in [3.05, 3.63) is 0 Å². The van der Waals surface area contributed by atoms with Gasteiger partial charge in [0, 0.05) is 12.7 Å². The van der Waals surface area contributed by atoms with Crippen LogP contribution in [0.15, 0.2) is 0 Å². The Kier molecular flexibility index (Phi) is 2.63. The molecule has 2 fully saturated rings. The molecule has 70 valence electrons. The third-order valence-corrected chi connectivity index (χ3v) is 3.27. The molecular formula is C9H19N3. The van der Waals surface area contributed by atoms with Crippen LogP contribution in [0.5, 0.6) is 0 Å². The van der Waals surface area contributed by atoms with Crippen molar-refractivity contribution < 1.29 is 0 Å². The van der Waals surface area contributed by atoms with Crippen LogP contribution < -0.4 is 16.0 Å². The topological polar surface area (TPSA) is 36.1 Å². The Morgan fingerprint density at radius 2 is 2.08 bits per heavy atom. The highest BCUT2D eigenvalue weighted by molar-refractivity contribution is 4.87. The summed E-state index contributed by atoms with van der Waals surface area (Å²) in [6, 6.07) is 0.762. The zero-order chi connectivity index (χ0) is 8.39. The van der Waals surface area contributed by atoms with Gasteiger partial charge in [-0.1, -0.05) is 6.42 Å². The highest BCUT2D eigenvalue weighted by Crippen LogP contribution is 2.31. The summed E-state index contributed by atoms with van der Waals surface area (Å²) in [6.45, 7) is 0.965. The maximum Gasteiger partial charge on any atom is 0.0594 e. The summed E-state index contributed by atoms with van der Waals surface area (Å²) in [7, 11) is 2.03. The number of rotatable bonds is 2. The number of nitrogens with one attached hydrogen (secondary N) is 3. The third-order valence-electron chi connectivity index (χ3n) is 3.27. The van der Waals surface area contributed by atoms with Gasteiger partial charge in [0.2, 0.25) is 0 Å². The molecule has 1 saturated heterocycles. The fraction of sp³-hybridized carbons (Fsp3) is 1.00. The summed E-state index contributed by atoms with van der Waals surface area (Å²) in [6.07, 6.45) is 6.08. The first-order valence-corrected chi connectivity index (χ1v) is 5.04. The summed E-state index contributed by atoms with van der Waals surface area (Å²) >= 11 is 0. The first-order valence-electron chi connectivity index (χ1n) is 5.04. The summed E-state index contributed by atoms with van der Waals surface area (Å²) in [5.41, 5.74) is 0. The van der Waals surface area contributed by atoms with Crippen LogP contribution in [0.1, 0.15) is 25.7 Å². The van der Waals surface area contributed by atoms with E-state index in [1.165, 1.54) is 25.7 Å². The minimum atomic E-state index is 0.525. The van der Waals surface area contributed by atoms with Gasteiger partial charge in [0.1, 0.15) is 0 Å². The maximum atomic E-state index is 3.53. The molecule has 0 radical (unpaired) electrons. The Labute approximate surface area is 74.3 Å². The lowest BCUT2D eigenvalue weighted by Gasteiger charge is -2.40. The van der Waals surface area contributed by atoms with E-state index in [4.69, 9.17) is 0 Å². The number of hydrogen-bond acceptors (Lipinski definition) is 3. The first kappa shape index (κ1) is 8.48. The summed E-state index contributed by atoms with van der Waals surface area (Å²) in [5.74, 6) is 0.961. The normalized spacial score (nSPS) is 37.8. The SMILES string of the molecule is CNC1CC(C2CCC2)NCN1. The molecule has 1 heterocycles. The van der Waals surface area contributed by atoms with E-state index in [-0.39, 0.29) is 0 Å². The van der Waals surface area contributed by atoms with Crippen LogP contribution >= 0.6 is 0 Å². The van der Waals surface area contributed by atoms with E-state index in [0.717, 1.165) is 18.6 Å². The van der Waals surface area contributed by atoms with Gasteiger partial charge in [-0.2, -0.15) is 0 Å². The van der Waals surface area contributed by atoms with Crippen LogP contribution in [0, 0.1) is 5.92 Å². The number of hydrogen-bond donors (Lipinski definition) is 3. The molecule has 0 amide bonds. The molecule has 3 nitrogen and oxygen atoms in total. The van der Waals surface area contributed by atoms with Gasteiger partial charge < -0.3 is 10.6 Å². The van der Waals surface area contributed by atoms with Gasteiger partial charge in [-0.25, -0.2) is 0 Å². The molecule has 2 rings (SSSR count). The van der Waals surface area contributed by atoms with Crippen LogP contribution in [-0.2, 0) is 0 Å². The minimum absolute atomic E-state index is 0.525. The van der Waals surface area contributed by atoms with Crippen molar-refractivity contribution in [1.82, 2.24) is 16.0 Å². The second-order valence-electron chi connectivity index (χ2n) is 3.96. The van der Waals surface area contributed by atoms with Crippen molar-refractivity contribution in [1.29, 1.82) is 0 Å². The molecule has 0 aromatic carbocycles. The molecule has 0 aromatic rings. The lowest BCUT2D eigenvalue weighted by Crippen LogP contribution is -2.58. The van der Waals surface area contributed by atoms with Crippen LogP contribution in [0.4, 0.5) is 0 Å². The Morgan fingerprint density at radius 3 is 2.67 bits per heavy atom. The second kappa shape index (κ2) is 3.73. The Balaban J connectivity index is 1.81. The van der Waals surface area contributed by atoms with E-state index in [2.05, 4.69) is 16.0 Å². The standard InChI is InChI=1S/C9H19N3/c1-10-9-5-8(11-6-12-9)7-3-2-4-7/h7-12H,2-6H2,1H3. The quantitative estimate of drug-likeness (QED) is 0.554. The van der Waals surface area contributed by atoms with E-state index >= 15 is 0 Å². The van der Waals surface area contributed by atoms with Crippen LogP contribution in [-0.4, -0.2) is 25.9 Å². The average Bonchev–Trinajstić information content (AvgIpc) is 2.02. The van der Waals surface area contributed by atoms with Gasteiger partial charge in [-0.3, -0.25) is 5.32 Å². The summed E-state index contributed by atoms with van der Waals surface area (Å²) < 4.78 is 0. The van der Waals surface area contributed by atoms with E-state index < -0.39 is 0 Å². The van der Waals surface area contributed by atoms with E-state index in [1.54, 1.807) is 0 Å². The minimum Gasteiger partial charge on any atom is -0.305 e.